The Morgan fingerprint density at radius 2 is 2.05 bits per heavy atom. The van der Waals surface area contributed by atoms with Crippen LogP contribution in [-0.2, 0) is 16.4 Å². The average Bonchev–Trinajstić information content (AvgIpc) is 3.04. The van der Waals surface area contributed by atoms with Gasteiger partial charge in [0, 0.05) is 24.3 Å². The lowest BCUT2D eigenvalue weighted by Crippen LogP contribution is -2.30. The minimum absolute atomic E-state index is 0.0310. The summed E-state index contributed by atoms with van der Waals surface area (Å²) >= 11 is 0. The Labute approximate surface area is 120 Å². The molecular formula is C14H23N3O2S. The van der Waals surface area contributed by atoms with Crippen LogP contribution in [0.4, 0.5) is 0 Å². The van der Waals surface area contributed by atoms with Crippen molar-refractivity contribution in [2.24, 2.45) is 0 Å². The fourth-order valence-corrected chi connectivity index (χ4v) is 4.92. The zero-order chi connectivity index (χ0) is 14.0. The first-order valence-corrected chi connectivity index (χ1v) is 9.41. The molecule has 1 N–H and O–H groups in total. The lowest BCUT2D eigenvalue weighted by molar-refractivity contribution is 0.372. The third kappa shape index (κ3) is 3.41. The van der Waals surface area contributed by atoms with E-state index < -0.39 is 9.84 Å². The SMILES string of the molecule is O=S1(=O)CCC(n2cc(CNC3CCCCC3)cn2)C1. The number of aromatic nitrogens is 2. The van der Waals surface area contributed by atoms with Crippen LogP contribution in [0.3, 0.4) is 0 Å². The Morgan fingerprint density at radius 3 is 2.75 bits per heavy atom. The van der Waals surface area contributed by atoms with Crippen LogP contribution in [0.2, 0.25) is 0 Å². The van der Waals surface area contributed by atoms with E-state index in [-0.39, 0.29) is 11.8 Å². The molecule has 1 aromatic rings. The predicted molar refractivity (Wildman–Crippen MR) is 78.2 cm³/mol. The molecule has 1 aliphatic heterocycles. The second-order valence-electron chi connectivity index (χ2n) is 6.10. The Morgan fingerprint density at radius 1 is 1.25 bits per heavy atom. The van der Waals surface area contributed by atoms with Crippen LogP contribution in [0, 0.1) is 0 Å². The van der Waals surface area contributed by atoms with Gasteiger partial charge >= 0.3 is 0 Å². The quantitative estimate of drug-likeness (QED) is 0.918. The summed E-state index contributed by atoms with van der Waals surface area (Å²) < 4.78 is 24.8. The molecule has 1 atom stereocenters. The van der Waals surface area contributed by atoms with Crippen LogP contribution >= 0.6 is 0 Å². The first kappa shape index (κ1) is 14.1. The van der Waals surface area contributed by atoms with Crippen LogP contribution in [0.15, 0.2) is 12.4 Å². The van der Waals surface area contributed by atoms with Gasteiger partial charge in [0.25, 0.3) is 0 Å². The molecule has 2 fully saturated rings. The molecule has 1 aliphatic carbocycles. The van der Waals surface area contributed by atoms with Crippen molar-refractivity contribution in [3.63, 3.8) is 0 Å². The number of hydrogen-bond acceptors (Lipinski definition) is 4. The summed E-state index contributed by atoms with van der Waals surface area (Å²) in [6.07, 6.45) is 11.1. The fraction of sp³-hybridized carbons (Fsp3) is 0.786. The highest BCUT2D eigenvalue weighted by molar-refractivity contribution is 7.91. The summed E-state index contributed by atoms with van der Waals surface area (Å²) in [5.74, 6) is 0.539. The van der Waals surface area contributed by atoms with Crippen LogP contribution < -0.4 is 5.32 Å². The number of hydrogen-bond donors (Lipinski definition) is 1. The van der Waals surface area contributed by atoms with Crippen LogP contribution in [0.5, 0.6) is 0 Å². The molecule has 1 saturated carbocycles. The summed E-state index contributed by atoms with van der Waals surface area (Å²) in [5.41, 5.74) is 1.15. The summed E-state index contributed by atoms with van der Waals surface area (Å²) in [7, 11) is -2.84. The zero-order valence-electron chi connectivity index (χ0n) is 11.8. The van der Waals surface area contributed by atoms with E-state index in [1.807, 2.05) is 17.1 Å². The van der Waals surface area contributed by atoms with Crippen molar-refractivity contribution >= 4 is 9.84 Å². The number of sulfone groups is 1. The van der Waals surface area contributed by atoms with Gasteiger partial charge in [-0.2, -0.15) is 5.10 Å². The zero-order valence-corrected chi connectivity index (χ0v) is 12.6. The largest absolute Gasteiger partial charge is 0.310 e. The van der Waals surface area contributed by atoms with Crippen molar-refractivity contribution in [3.8, 4) is 0 Å². The Balaban J connectivity index is 1.54. The van der Waals surface area contributed by atoms with Gasteiger partial charge in [0.15, 0.2) is 9.84 Å². The van der Waals surface area contributed by atoms with Gasteiger partial charge < -0.3 is 5.32 Å². The maximum atomic E-state index is 11.5. The molecule has 112 valence electrons. The predicted octanol–water partition coefficient (Wildman–Crippen LogP) is 1.66. The van der Waals surface area contributed by atoms with Crippen LogP contribution in [0.25, 0.3) is 0 Å². The van der Waals surface area contributed by atoms with Gasteiger partial charge in [0.1, 0.15) is 0 Å². The van der Waals surface area contributed by atoms with E-state index in [0.29, 0.717) is 18.2 Å². The van der Waals surface area contributed by atoms with Crippen molar-refractivity contribution in [3.05, 3.63) is 18.0 Å². The third-order valence-corrected chi connectivity index (χ3v) is 6.19. The van der Waals surface area contributed by atoms with Gasteiger partial charge in [-0.15, -0.1) is 0 Å². The second-order valence-corrected chi connectivity index (χ2v) is 8.33. The summed E-state index contributed by atoms with van der Waals surface area (Å²) in [5, 5.41) is 7.93. The molecule has 5 nitrogen and oxygen atoms in total. The normalized spacial score (nSPS) is 26.9. The molecule has 2 aliphatic rings. The van der Waals surface area contributed by atoms with Gasteiger partial charge in [0.05, 0.1) is 23.7 Å². The lowest BCUT2D eigenvalue weighted by atomic mass is 9.95. The highest BCUT2D eigenvalue weighted by Gasteiger charge is 2.29. The molecule has 20 heavy (non-hydrogen) atoms. The maximum Gasteiger partial charge on any atom is 0.152 e. The van der Waals surface area contributed by atoms with E-state index in [0.717, 1.165) is 12.1 Å². The lowest BCUT2D eigenvalue weighted by Gasteiger charge is -2.22. The summed E-state index contributed by atoms with van der Waals surface area (Å²) in [6.45, 7) is 0.837. The molecule has 0 amide bonds. The van der Waals surface area contributed by atoms with Gasteiger partial charge in [-0.05, 0) is 19.3 Å². The first-order chi connectivity index (χ1) is 9.62. The van der Waals surface area contributed by atoms with Gasteiger partial charge in [-0.25, -0.2) is 8.42 Å². The molecule has 1 saturated heterocycles. The summed E-state index contributed by atoms with van der Waals surface area (Å²) in [4.78, 5) is 0. The van der Waals surface area contributed by atoms with E-state index in [2.05, 4.69) is 10.4 Å². The van der Waals surface area contributed by atoms with Crippen molar-refractivity contribution < 1.29 is 8.42 Å². The monoisotopic (exact) mass is 297 g/mol. The topological polar surface area (TPSA) is 64.0 Å². The van der Waals surface area contributed by atoms with Gasteiger partial charge in [-0.1, -0.05) is 19.3 Å². The van der Waals surface area contributed by atoms with Crippen molar-refractivity contribution in [1.82, 2.24) is 15.1 Å². The highest BCUT2D eigenvalue weighted by Crippen LogP contribution is 2.23. The standard InChI is InChI=1S/C14H23N3O2S/c18-20(19)7-6-14(11-20)17-10-12(9-16-17)8-15-13-4-2-1-3-5-13/h9-10,13-15H,1-8,11H2. The Kier molecular flexibility index (Phi) is 4.12. The van der Waals surface area contributed by atoms with Crippen LogP contribution in [0.1, 0.15) is 50.1 Å². The minimum atomic E-state index is -2.84. The van der Waals surface area contributed by atoms with Crippen molar-refractivity contribution in [2.75, 3.05) is 11.5 Å². The molecule has 0 bridgehead atoms. The number of nitrogens with zero attached hydrogens (tertiary/aromatic N) is 2. The Bertz CT molecular complexity index is 547. The number of rotatable bonds is 4. The van der Waals surface area contributed by atoms with E-state index >= 15 is 0 Å². The maximum absolute atomic E-state index is 11.5. The molecule has 0 radical (unpaired) electrons. The molecular weight excluding hydrogens is 274 g/mol. The van der Waals surface area contributed by atoms with Crippen molar-refractivity contribution in [2.45, 2.75) is 57.2 Å². The number of nitrogens with one attached hydrogen (secondary N) is 1. The smallest absolute Gasteiger partial charge is 0.152 e. The van der Waals surface area contributed by atoms with E-state index in [1.54, 1.807) is 0 Å². The Hall–Kier alpha value is -0.880. The first-order valence-electron chi connectivity index (χ1n) is 7.59. The second kappa shape index (κ2) is 5.85. The molecule has 6 heteroatoms. The van der Waals surface area contributed by atoms with E-state index in [4.69, 9.17) is 0 Å². The van der Waals surface area contributed by atoms with Crippen molar-refractivity contribution in [1.29, 1.82) is 0 Å². The van der Waals surface area contributed by atoms with Gasteiger partial charge in [-0.3, -0.25) is 4.68 Å². The molecule has 1 aromatic heterocycles. The minimum Gasteiger partial charge on any atom is -0.310 e. The molecule has 0 spiro atoms. The third-order valence-electron chi connectivity index (χ3n) is 4.44. The molecule has 1 unspecified atom stereocenters. The highest BCUT2D eigenvalue weighted by atomic mass is 32.2. The average molecular weight is 297 g/mol. The fourth-order valence-electron chi connectivity index (χ4n) is 3.22. The van der Waals surface area contributed by atoms with E-state index in [1.165, 1.54) is 32.1 Å². The summed E-state index contributed by atoms with van der Waals surface area (Å²) in [6, 6.07) is 0.669. The van der Waals surface area contributed by atoms with Gasteiger partial charge in [0.2, 0.25) is 0 Å². The molecule has 2 heterocycles. The van der Waals surface area contributed by atoms with E-state index in [9.17, 15) is 8.42 Å². The molecule has 0 aromatic carbocycles. The van der Waals surface area contributed by atoms with Crippen LogP contribution in [-0.4, -0.2) is 35.7 Å². The molecule has 3 rings (SSSR count).